The molecule has 0 radical (unpaired) electrons. The standard InChI is InChI=1S/C19H22BrClN6O/c1-3-15(12-24-18-7-5-14(21)11-23-18)27(2)19(28)16-10-13(20)4-6-17(16)26-25-9-8-22/h4-11,15,22,26H,3,12H2,1-2H3,(H,23,24)/b22-8?,25-9-. The third kappa shape index (κ3) is 6.03. The van der Waals surface area contributed by atoms with Crippen LogP contribution in [-0.4, -0.2) is 47.9 Å². The fraction of sp³-hybridized carbons (Fsp3) is 0.263. The van der Waals surface area contributed by atoms with Crippen molar-refractivity contribution < 1.29 is 4.79 Å². The molecule has 7 nitrogen and oxygen atoms in total. The number of nitrogens with zero attached hydrogens (tertiary/aromatic N) is 3. The summed E-state index contributed by atoms with van der Waals surface area (Å²) in [6, 6.07) is 8.87. The molecule has 1 amide bonds. The van der Waals surface area contributed by atoms with Crippen LogP contribution in [0.4, 0.5) is 11.5 Å². The minimum absolute atomic E-state index is 0.0399. The van der Waals surface area contributed by atoms with E-state index in [4.69, 9.17) is 17.0 Å². The average molecular weight is 466 g/mol. The van der Waals surface area contributed by atoms with Crippen LogP contribution in [0.1, 0.15) is 23.7 Å². The summed E-state index contributed by atoms with van der Waals surface area (Å²) in [5.41, 5.74) is 3.87. The van der Waals surface area contributed by atoms with Gasteiger partial charge in [0.1, 0.15) is 5.82 Å². The predicted molar refractivity (Wildman–Crippen MR) is 119 cm³/mol. The summed E-state index contributed by atoms with van der Waals surface area (Å²) < 4.78 is 0.794. The van der Waals surface area contributed by atoms with Gasteiger partial charge in [-0.3, -0.25) is 10.2 Å². The van der Waals surface area contributed by atoms with Gasteiger partial charge in [0.15, 0.2) is 0 Å². The molecule has 1 heterocycles. The van der Waals surface area contributed by atoms with E-state index in [2.05, 4.69) is 36.8 Å². The SMILES string of the molecule is CCC(CNc1ccc(Cl)cn1)N(C)C(=O)c1cc(Br)ccc1N/N=C\C=N. The Kier molecular flexibility index (Phi) is 8.41. The molecular weight excluding hydrogens is 444 g/mol. The summed E-state index contributed by atoms with van der Waals surface area (Å²) in [6.07, 6.45) is 4.71. The Bertz CT molecular complexity index is 843. The second-order valence-corrected chi connectivity index (χ2v) is 7.32. The van der Waals surface area contributed by atoms with Crippen molar-refractivity contribution in [3.05, 3.63) is 51.6 Å². The van der Waals surface area contributed by atoms with E-state index in [9.17, 15) is 4.79 Å². The molecule has 148 valence electrons. The van der Waals surface area contributed by atoms with Gasteiger partial charge in [0.2, 0.25) is 0 Å². The Morgan fingerprint density at radius 2 is 2.21 bits per heavy atom. The fourth-order valence-electron chi connectivity index (χ4n) is 2.55. The topological polar surface area (TPSA) is 93.5 Å². The second kappa shape index (κ2) is 10.8. The summed E-state index contributed by atoms with van der Waals surface area (Å²) >= 11 is 9.27. The first-order chi connectivity index (χ1) is 13.5. The van der Waals surface area contributed by atoms with Crippen LogP contribution in [0.5, 0.6) is 0 Å². The molecule has 3 N–H and O–H groups in total. The lowest BCUT2D eigenvalue weighted by Crippen LogP contribution is -2.41. The number of anilines is 2. The number of carbonyl (C=O) groups is 1. The second-order valence-electron chi connectivity index (χ2n) is 5.97. The van der Waals surface area contributed by atoms with Crippen molar-refractivity contribution in [1.82, 2.24) is 9.88 Å². The van der Waals surface area contributed by atoms with E-state index in [-0.39, 0.29) is 11.9 Å². The van der Waals surface area contributed by atoms with Crippen LogP contribution >= 0.6 is 27.5 Å². The molecule has 0 spiro atoms. The summed E-state index contributed by atoms with van der Waals surface area (Å²) in [5, 5.41) is 14.7. The zero-order valence-electron chi connectivity index (χ0n) is 15.6. The van der Waals surface area contributed by atoms with Crippen molar-refractivity contribution in [2.24, 2.45) is 5.10 Å². The monoisotopic (exact) mass is 464 g/mol. The first-order valence-corrected chi connectivity index (χ1v) is 9.83. The highest BCUT2D eigenvalue weighted by Gasteiger charge is 2.22. The van der Waals surface area contributed by atoms with Gasteiger partial charge in [0, 0.05) is 36.5 Å². The van der Waals surface area contributed by atoms with Crippen molar-refractivity contribution in [1.29, 1.82) is 5.41 Å². The summed E-state index contributed by atoms with van der Waals surface area (Å²) in [7, 11) is 1.78. The van der Waals surface area contributed by atoms with Crippen LogP contribution in [0, 0.1) is 5.41 Å². The van der Waals surface area contributed by atoms with Gasteiger partial charge >= 0.3 is 0 Å². The molecule has 0 saturated heterocycles. The molecule has 0 bridgehead atoms. The predicted octanol–water partition coefficient (Wildman–Crippen LogP) is 4.51. The Balaban J connectivity index is 2.14. The van der Waals surface area contributed by atoms with Gasteiger partial charge in [-0.05, 0) is 36.8 Å². The van der Waals surface area contributed by atoms with Crippen molar-refractivity contribution in [2.45, 2.75) is 19.4 Å². The number of benzene rings is 1. The van der Waals surface area contributed by atoms with Crippen molar-refractivity contribution >= 4 is 57.4 Å². The zero-order chi connectivity index (χ0) is 20.5. The first kappa shape index (κ1) is 21.8. The number of aromatic nitrogens is 1. The molecule has 0 aliphatic rings. The Morgan fingerprint density at radius 3 is 2.86 bits per heavy atom. The molecule has 1 atom stereocenters. The van der Waals surface area contributed by atoms with Crippen LogP contribution in [0.3, 0.4) is 0 Å². The number of hydrazone groups is 1. The lowest BCUT2D eigenvalue weighted by Gasteiger charge is -2.28. The van der Waals surface area contributed by atoms with Crippen molar-refractivity contribution in [2.75, 3.05) is 24.3 Å². The van der Waals surface area contributed by atoms with E-state index in [0.29, 0.717) is 28.6 Å². The van der Waals surface area contributed by atoms with E-state index >= 15 is 0 Å². The third-order valence-corrected chi connectivity index (χ3v) is 4.85. The number of halogens is 2. The highest BCUT2D eigenvalue weighted by molar-refractivity contribution is 9.10. The molecule has 2 aromatic rings. The largest absolute Gasteiger partial charge is 0.368 e. The third-order valence-electron chi connectivity index (χ3n) is 4.13. The molecule has 1 unspecified atom stereocenters. The van der Waals surface area contributed by atoms with Gasteiger partial charge in [-0.2, -0.15) is 5.10 Å². The van der Waals surface area contributed by atoms with E-state index in [1.54, 1.807) is 42.4 Å². The molecule has 0 aliphatic carbocycles. The number of amides is 1. The van der Waals surface area contributed by atoms with E-state index in [0.717, 1.165) is 17.1 Å². The Hall–Kier alpha value is -2.45. The highest BCUT2D eigenvalue weighted by atomic mass is 79.9. The summed E-state index contributed by atoms with van der Waals surface area (Å²) in [5.74, 6) is 0.570. The van der Waals surface area contributed by atoms with Crippen LogP contribution in [0.15, 0.2) is 46.1 Å². The zero-order valence-corrected chi connectivity index (χ0v) is 18.0. The van der Waals surface area contributed by atoms with Crippen LogP contribution in [0.2, 0.25) is 5.02 Å². The van der Waals surface area contributed by atoms with Gasteiger partial charge in [-0.15, -0.1) is 0 Å². The normalized spacial score (nSPS) is 11.9. The van der Waals surface area contributed by atoms with Crippen LogP contribution in [0.25, 0.3) is 0 Å². The van der Waals surface area contributed by atoms with Gasteiger partial charge in [-0.25, -0.2) is 4.98 Å². The van der Waals surface area contributed by atoms with Gasteiger partial charge in [0.25, 0.3) is 5.91 Å². The Morgan fingerprint density at radius 1 is 1.43 bits per heavy atom. The van der Waals surface area contributed by atoms with E-state index < -0.39 is 0 Å². The number of rotatable bonds is 9. The maximum atomic E-state index is 13.1. The number of hydrogen-bond donors (Lipinski definition) is 3. The Labute approximate surface area is 177 Å². The molecular formula is C19H22BrClN6O. The number of pyridine rings is 1. The van der Waals surface area contributed by atoms with Gasteiger partial charge in [0.05, 0.1) is 22.5 Å². The smallest absolute Gasteiger partial charge is 0.256 e. The molecule has 0 fully saturated rings. The maximum absolute atomic E-state index is 13.1. The number of carbonyl (C=O) groups excluding carboxylic acids is 1. The average Bonchev–Trinajstić information content (AvgIpc) is 2.70. The molecule has 28 heavy (non-hydrogen) atoms. The number of nitrogens with one attached hydrogen (secondary N) is 3. The lowest BCUT2D eigenvalue weighted by molar-refractivity contribution is 0.0737. The minimum atomic E-state index is -0.133. The van der Waals surface area contributed by atoms with Crippen molar-refractivity contribution in [3.8, 4) is 0 Å². The molecule has 9 heteroatoms. The number of hydrogen-bond acceptors (Lipinski definition) is 6. The quantitative estimate of drug-likeness (QED) is 0.375. The minimum Gasteiger partial charge on any atom is -0.368 e. The highest BCUT2D eigenvalue weighted by Crippen LogP contribution is 2.23. The summed E-state index contributed by atoms with van der Waals surface area (Å²) in [6.45, 7) is 2.58. The summed E-state index contributed by atoms with van der Waals surface area (Å²) in [4.78, 5) is 19.0. The van der Waals surface area contributed by atoms with Gasteiger partial charge < -0.3 is 15.6 Å². The van der Waals surface area contributed by atoms with E-state index in [1.807, 2.05) is 13.0 Å². The van der Waals surface area contributed by atoms with Crippen LogP contribution in [-0.2, 0) is 0 Å². The van der Waals surface area contributed by atoms with Gasteiger partial charge in [-0.1, -0.05) is 34.5 Å². The first-order valence-electron chi connectivity index (χ1n) is 8.66. The molecule has 2 rings (SSSR count). The van der Waals surface area contributed by atoms with Crippen LogP contribution < -0.4 is 10.7 Å². The fourth-order valence-corrected chi connectivity index (χ4v) is 3.02. The lowest BCUT2D eigenvalue weighted by atomic mass is 10.1. The molecule has 0 saturated carbocycles. The molecule has 1 aromatic heterocycles. The van der Waals surface area contributed by atoms with Crippen molar-refractivity contribution in [3.63, 3.8) is 0 Å². The number of likely N-dealkylation sites (N-methyl/N-ethyl adjacent to an activating group) is 1. The molecule has 0 aliphatic heterocycles. The van der Waals surface area contributed by atoms with E-state index in [1.165, 1.54) is 6.21 Å². The maximum Gasteiger partial charge on any atom is 0.256 e. The molecule has 1 aromatic carbocycles.